The highest BCUT2D eigenvalue weighted by atomic mass is 32.2. The highest BCUT2D eigenvalue weighted by Gasteiger charge is 2.35. The molecule has 0 aliphatic heterocycles. The summed E-state index contributed by atoms with van der Waals surface area (Å²) in [6, 6.07) is 4.23. The molecule has 0 heterocycles. The molecule has 0 aromatic heterocycles. The van der Waals surface area contributed by atoms with Crippen molar-refractivity contribution in [2.75, 3.05) is 7.11 Å². The zero-order chi connectivity index (χ0) is 15.6. The van der Waals surface area contributed by atoms with Gasteiger partial charge in [-0.3, -0.25) is 4.79 Å². The second-order valence-corrected chi connectivity index (χ2v) is 7.08. The van der Waals surface area contributed by atoms with Gasteiger partial charge in [0.15, 0.2) is 0 Å². The lowest BCUT2D eigenvalue weighted by Gasteiger charge is -2.17. The molecule has 0 radical (unpaired) electrons. The van der Waals surface area contributed by atoms with Crippen LogP contribution in [0.1, 0.15) is 24.8 Å². The van der Waals surface area contributed by atoms with Crippen molar-refractivity contribution in [1.29, 1.82) is 0 Å². The third-order valence-corrected chi connectivity index (χ3v) is 5.08. The zero-order valence-electron chi connectivity index (χ0n) is 12.1. The minimum atomic E-state index is -3.67. The molecule has 0 bridgehead atoms. The molecule has 1 saturated carbocycles. The molecule has 116 valence electrons. The standard InChI is InChI=1S/C14H20N2O4S/c1-9-7-11(5-6-13(9)20-2)21(18,19)16-12(8-14(15)17)10-3-4-10/h5-7,10,12,16H,3-4,8H2,1-2H3,(H2,15,17)/t12-/m1/s1. The van der Waals surface area contributed by atoms with Gasteiger partial charge in [-0.1, -0.05) is 0 Å². The fourth-order valence-electron chi connectivity index (χ4n) is 2.31. The number of methoxy groups -OCH3 is 1. The number of aryl methyl sites for hydroxylation is 1. The van der Waals surface area contributed by atoms with E-state index in [-0.39, 0.29) is 17.2 Å². The molecule has 1 aromatic carbocycles. The van der Waals surface area contributed by atoms with Gasteiger partial charge in [-0.15, -0.1) is 0 Å². The van der Waals surface area contributed by atoms with Crippen LogP contribution in [0.4, 0.5) is 0 Å². The van der Waals surface area contributed by atoms with Crippen molar-refractivity contribution < 1.29 is 17.9 Å². The first-order chi connectivity index (χ1) is 9.83. The fourth-order valence-corrected chi connectivity index (χ4v) is 3.69. The second-order valence-electron chi connectivity index (χ2n) is 5.37. The number of amides is 1. The van der Waals surface area contributed by atoms with Crippen LogP contribution in [0, 0.1) is 12.8 Å². The van der Waals surface area contributed by atoms with Gasteiger partial charge in [0.05, 0.1) is 12.0 Å². The lowest BCUT2D eigenvalue weighted by molar-refractivity contribution is -0.118. The number of rotatable bonds is 7. The van der Waals surface area contributed by atoms with Crippen LogP contribution >= 0.6 is 0 Å². The topological polar surface area (TPSA) is 98.5 Å². The van der Waals surface area contributed by atoms with Gasteiger partial charge in [0.2, 0.25) is 15.9 Å². The summed E-state index contributed by atoms with van der Waals surface area (Å²) in [5.74, 6) is 0.331. The molecule has 3 N–H and O–H groups in total. The first-order valence-electron chi connectivity index (χ1n) is 6.79. The van der Waals surface area contributed by atoms with Crippen molar-refractivity contribution in [1.82, 2.24) is 4.72 Å². The number of sulfonamides is 1. The molecule has 0 unspecified atom stereocenters. The summed E-state index contributed by atoms with van der Waals surface area (Å²) in [6.45, 7) is 1.78. The lowest BCUT2D eigenvalue weighted by atomic mass is 10.1. The molecule has 1 aliphatic carbocycles. The number of nitrogens with two attached hydrogens (primary N) is 1. The van der Waals surface area contributed by atoms with Gasteiger partial charge in [0.1, 0.15) is 5.75 Å². The fraction of sp³-hybridized carbons (Fsp3) is 0.500. The van der Waals surface area contributed by atoms with Crippen LogP contribution < -0.4 is 15.2 Å². The van der Waals surface area contributed by atoms with Gasteiger partial charge < -0.3 is 10.5 Å². The van der Waals surface area contributed by atoms with Gasteiger partial charge in [-0.05, 0) is 49.4 Å². The maximum absolute atomic E-state index is 12.4. The Balaban J connectivity index is 2.20. The van der Waals surface area contributed by atoms with E-state index in [1.807, 2.05) is 0 Å². The summed E-state index contributed by atoms with van der Waals surface area (Å²) >= 11 is 0. The molecule has 6 nitrogen and oxygen atoms in total. The van der Waals surface area contributed by atoms with Crippen LogP contribution in [0.3, 0.4) is 0 Å². The number of primary amides is 1. The molecule has 1 amide bonds. The Kier molecular flexibility index (Phi) is 4.53. The molecule has 2 rings (SSSR count). The molecule has 0 saturated heterocycles. The second kappa shape index (κ2) is 6.03. The number of benzene rings is 1. The summed E-state index contributed by atoms with van der Waals surface area (Å²) < 4.78 is 32.5. The average molecular weight is 312 g/mol. The summed E-state index contributed by atoms with van der Waals surface area (Å²) in [7, 11) is -2.14. The molecule has 7 heteroatoms. The highest BCUT2D eigenvalue weighted by Crippen LogP contribution is 2.34. The normalized spacial score (nSPS) is 16.5. The number of hydrogen-bond acceptors (Lipinski definition) is 4. The Morgan fingerprint density at radius 2 is 2.14 bits per heavy atom. The third kappa shape index (κ3) is 3.95. The first kappa shape index (κ1) is 15.8. The van der Waals surface area contributed by atoms with Gasteiger partial charge in [0, 0.05) is 12.5 Å². The van der Waals surface area contributed by atoms with E-state index < -0.39 is 22.0 Å². The van der Waals surface area contributed by atoms with Gasteiger partial charge in [0.25, 0.3) is 0 Å². The number of carbonyl (C=O) groups excluding carboxylic acids is 1. The number of carbonyl (C=O) groups is 1. The summed E-state index contributed by atoms with van der Waals surface area (Å²) in [6.07, 6.45) is 1.86. The Morgan fingerprint density at radius 3 is 2.62 bits per heavy atom. The number of hydrogen-bond donors (Lipinski definition) is 2. The van der Waals surface area contributed by atoms with Crippen molar-refractivity contribution in [3.8, 4) is 5.75 Å². The maximum Gasteiger partial charge on any atom is 0.240 e. The Bertz CT molecular complexity index is 638. The average Bonchev–Trinajstić information content (AvgIpc) is 3.21. The quantitative estimate of drug-likeness (QED) is 0.782. The smallest absolute Gasteiger partial charge is 0.240 e. The van der Waals surface area contributed by atoms with E-state index in [4.69, 9.17) is 10.5 Å². The van der Waals surface area contributed by atoms with E-state index in [1.165, 1.54) is 13.2 Å². The van der Waals surface area contributed by atoms with Crippen LogP contribution in [-0.4, -0.2) is 27.5 Å². The van der Waals surface area contributed by atoms with E-state index >= 15 is 0 Å². The summed E-state index contributed by atoms with van der Waals surface area (Å²) in [5, 5.41) is 0. The van der Waals surface area contributed by atoms with E-state index in [9.17, 15) is 13.2 Å². The minimum absolute atomic E-state index is 0.0268. The Labute approximate surface area is 124 Å². The number of nitrogens with one attached hydrogen (secondary N) is 1. The van der Waals surface area contributed by atoms with Crippen molar-refractivity contribution >= 4 is 15.9 Å². The molecule has 21 heavy (non-hydrogen) atoms. The van der Waals surface area contributed by atoms with Crippen LogP contribution in [-0.2, 0) is 14.8 Å². The van der Waals surface area contributed by atoms with Gasteiger partial charge in [-0.2, -0.15) is 0 Å². The monoisotopic (exact) mass is 312 g/mol. The van der Waals surface area contributed by atoms with Crippen molar-refractivity contribution in [2.45, 2.75) is 37.1 Å². The van der Waals surface area contributed by atoms with Crippen molar-refractivity contribution in [3.63, 3.8) is 0 Å². The van der Waals surface area contributed by atoms with Crippen LogP contribution in [0.25, 0.3) is 0 Å². The largest absolute Gasteiger partial charge is 0.496 e. The predicted molar refractivity (Wildman–Crippen MR) is 78.4 cm³/mol. The van der Waals surface area contributed by atoms with E-state index in [1.54, 1.807) is 19.1 Å². The molecule has 1 atom stereocenters. The van der Waals surface area contributed by atoms with Crippen LogP contribution in [0.5, 0.6) is 5.75 Å². The summed E-state index contributed by atoms with van der Waals surface area (Å²) in [5.41, 5.74) is 5.92. The summed E-state index contributed by atoms with van der Waals surface area (Å²) in [4.78, 5) is 11.2. The molecular formula is C14H20N2O4S. The molecule has 1 aromatic rings. The molecule has 0 spiro atoms. The van der Waals surface area contributed by atoms with E-state index in [0.29, 0.717) is 5.75 Å². The van der Waals surface area contributed by atoms with Crippen molar-refractivity contribution in [2.24, 2.45) is 11.7 Å². The van der Waals surface area contributed by atoms with E-state index in [0.717, 1.165) is 18.4 Å². The van der Waals surface area contributed by atoms with E-state index in [2.05, 4.69) is 4.72 Å². The molecule has 1 fully saturated rings. The zero-order valence-corrected chi connectivity index (χ0v) is 12.9. The third-order valence-electron chi connectivity index (χ3n) is 3.60. The molecule has 1 aliphatic rings. The van der Waals surface area contributed by atoms with Gasteiger partial charge >= 0.3 is 0 Å². The predicted octanol–water partition coefficient (Wildman–Crippen LogP) is 0.936. The number of ether oxygens (including phenoxy) is 1. The first-order valence-corrected chi connectivity index (χ1v) is 8.27. The Hall–Kier alpha value is -1.60. The maximum atomic E-state index is 12.4. The molecular weight excluding hydrogens is 292 g/mol. The van der Waals surface area contributed by atoms with Gasteiger partial charge in [-0.25, -0.2) is 13.1 Å². The Morgan fingerprint density at radius 1 is 1.48 bits per heavy atom. The minimum Gasteiger partial charge on any atom is -0.496 e. The van der Waals surface area contributed by atoms with Crippen molar-refractivity contribution in [3.05, 3.63) is 23.8 Å². The lowest BCUT2D eigenvalue weighted by Crippen LogP contribution is -2.39. The SMILES string of the molecule is COc1ccc(S(=O)(=O)N[C@H](CC(N)=O)C2CC2)cc1C. The van der Waals surface area contributed by atoms with Crippen LogP contribution in [0.2, 0.25) is 0 Å². The van der Waals surface area contributed by atoms with Crippen LogP contribution in [0.15, 0.2) is 23.1 Å². The highest BCUT2D eigenvalue weighted by molar-refractivity contribution is 7.89.